The highest BCUT2D eigenvalue weighted by molar-refractivity contribution is 6.30. The van der Waals surface area contributed by atoms with Gasteiger partial charge >= 0.3 is 0 Å². The molecule has 1 saturated carbocycles. The maximum atomic E-state index is 6.29. The van der Waals surface area contributed by atoms with Crippen molar-refractivity contribution in [1.29, 1.82) is 0 Å². The van der Waals surface area contributed by atoms with E-state index in [4.69, 9.17) is 26.8 Å². The molecule has 7 heteroatoms. The minimum atomic E-state index is 0. The second kappa shape index (κ2) is 10.2. The van der Waals surface area contributed by atoms with Crippen LogP contribution in [-0.2, 0) is 12.0 Å². The normalized spacial score (nSPS) is 26.0. The molecule has 2 fully saturated rings. The second-order valence-electron chi connectivity index (χ2n) is 9.23. The van der Waals surface area contributed by atoms with Crippen LogP contribution in [0.2, 0.25) is 5.02 Å². The molecule has 0 bridgehead atoms. The predicted molar refractivity (Wildman–Crippen MR) is 131 cm³/mol. The average Bonchev–Trinajstić information content (AvgIpc) is 3.28. The zero-order chi connectivity index (χ0) is 21.3. The number of halogens is 2. The van der Waals surface area contributed by atoms with E-state index in [1.165, 1.54) is 24.0 Å². The van der Waals surface area contributed by atoms with Crippen LogP contribution >= 0.6 is 24.0 Å². The zero-order valence-corrected chi connectivity index (χ0v) is 20.0. The lowest BCUT2D eigenvalue weighted by molar-refractivity contribution is 0.0629. The van der Waals surface area contributed by atoms with Gasteiger partial charge in [-0.3, -0.25) is 9.80 Å². The summed E-state index contributed by atoms with van der Waals surface area (Å²) < 4.78 is 10.9. The van der Waals surface area contributed by atoms with E-state index in [9.17, 15) is 0 Å². The number of hydrogen-bond donors (Lipinski definition) is 1. The topological polar surface area (TPSA) is 51.0 Å². The summed E-state index contributed by atoms with van der Waals surface area (Å²) in [6.45, 7) is 6.51. The maximum Gasteiger partial charge on any atom is 0.231 e. The smallest absolute Gasteiger partial charge is 0.231 e. The average molecular weight is 478 g/mol. The molecule has 1 aliphatic carbocycles. The molecule has 32 heavy (non-hydrogen) atoms. The van der Waals surface area contributed by atoms with Crippen LogP contribution in [0.1, 0.15) is 36.8 Å². The number of ether oxygens (including phenoxy) is 2. The Balaban J connectivity index is 0.00000245. The quantitative estimate of drug-likeness (QED) is 0.689. The van der Waals surface area contributed by atoms with Crippen molar-refractivity contribution in [2.45, 2.75) is 43.7 Å². The summed E-state index contributed by atoms with van der Waals surface area (Å²) in [5, 5.41) is 0.811. The summed E-state index contributed by atoms with van der Waals surface area (Å²) in [6, 6.07) is 15.3. The van der Waals surface area contributed by atoms with Crippen LogP contribution in [0.3, 0.4) is 0 Å². The minimum absolute atomic E-state index is 0. The summed E-state index contributed by atoms with van der Waals surface area (Å²) in [7, 11) is 0. The van der Waals surface area contributed by atoms with E-state index >= 15 is 0 Å². The van der Waals surface area contributed by atoms with Gasteiger partial charge in [-0.25, -0.2) is 0 Å². The summed E-state index contributed by atoms with van der Waals surface area (Å²) in [4.78, 5) is 5.25. The molecule has 0 amide bonds. The molecule has 1 saturated heterocycles. The van der Waals surface area contributed by atoms with E-state index in [0.717, 1.165) is 62.1 Å². The van der Waals surface area contributed by atoms with Crippen LogP contribution < -0.4 is 15.2 Å². The SMILES string of the molecule is Cl.NC[C@]1(c2cccc(Cl)c2)CC[C@H](N2CCN(Cc3ccc4c(c3)OCO4)CC2)CC1. The van der Waals surface area contributed by atoms with E-state index in [1.807, 2.05) is 12.1 Å². The van der Waals surface area contributed by atoms with Crippen molar-refractivity contribution < 1.29 is 9.47 Å². The lowest BCUT2D eigenvalue weighted by atomic mass is 9.68. The number of rotatable bonds is 5. The molecule has 2 aliphatic heterocycles. The Morgan fingerprint density at radius 1 is 0.969 bits per heavy atom. The van der Waals surface area contributed by atoms with Crippen molar-refractivity contribution in [3.63, 3.8) is 0 Å². The standard InChI is InChI=1S/C25H32ClN3O2.ClH/c26-21-3-1-2-20(15-21)25(17-27)8-6-22(7-9-25)29-12-10-28(11-13-29)16-19-4-5-23-24(14-19)31-18-30-23;/h1-5,14-15,22H,6-13,16-18,27H2;1H/t22-,25-;. The lowest BCUT2D eigenvalue weighted by Crippen LogP contribution is -2.52. The van der Waals surface area contributed by atoms with Gasteiger partial charge in [0, 0.05) is 55.7 Å². The second-order valence-corrected chi connectivity index (χ2v) is 9.66. The van der Waals surface area contributed by atoms with Crippen LogP contribution in [0, 0.1) is 0 Å². The van der Waals surface area contributed by atoms with Crippen LogP contribution in [0.15, 0.2) is 42.5 Å². The third-order valence-corrected chi connectivity index (χ3v) is 7.74. The molecule has 174 valence electrons. The molecule has 0 atom stereocenters. The molecule has 5 rings (SSSR count). The van der Waals surface area contributed by atoms with E-state index in [1.54, 1.807) is 0 Å². The van der Waals surface area contributed by atoms with Crippen molar-refractivity contribution in [2.24, 2.45) is 5.73 Å². The summed E-state index contributed by atoms with van der Waals surface area (Å²) in [5.41, 5.74) is 8.99. The molecule has 2 aromatic carbocycles. The van der Waals surface area contributed by atoms with Gasteiger partial charge in [0.15, 0.2) is 11.5 Å². The van der Waals surface area contributed by atoms with Crippen molar-refractivity contribution in [1.82, 2.24) is 9.80 Å². The monoisotopic (exact) mass is 477 g/mol. The van der Waals surface area contributed by atoms with Crippen molar-refractivity contribution >= 4 is 24.0 Å². The highest BCUT2D eigenvalue weighted by Crippen LogP contribution is 2.41. The van der Waals surface area contributed by atoms with Gasteiger partial charge in [-0.05, 0) is 61.1 Å². The number of fused-ring (bicyclic) bond motifs is 1. The van der Waals surface area contributed by atoms with Gasteiger partial charge in [0.25, 0.3) is 0 Å². The van der Waals surface area contributed by atoms with E-state index in [2.05, 4.69) is 40.1 Å². The lowest BCUT2D eigenvalue weighted by Gasteiger charge is -2.46. The van der Waals surface area contributed by atoms with Crippen LogP contribution in [0.25, 0.3) is 0 Å². The highest BCUT2D eigenvalue weighted by Gasteiger charge is 2.38. The van der Waals surface area contributed by atoms with Gasteiger partial charge in [-0.1, -0.05) is 29.8 Å². The first-order chi connectivity index (χ1) is 15.1. The maximum absolute atomic E-state index is 6.29. The molecule has 2 N–H and O–H groups in total. The van der Waals surface area contributed by atoms with Gasteiger partial charge in [0.1, 0.15) is 0 Å². The Kier molecular flexibility index (Phi) is 7.53. The van der Waals surface area contributed by atoms with Gasteiger partial charge in [0.05, 0.1) is 0 Å². The fraction of sp³-hybridized carbons (Fsp3) is 0.520. The number of hydrogen-bond acceptors (Lipinski definition) is 5. The van der Waals surface area contributed by atoms with Crippen molar-refractivity contribution in [2.75, 3.05) is 39.5 Å². The summed E-state index contributed by atoms with van der Waals surface area (Å²) >= 11 is 6.27. The van der Waals surface area contributed by atoms with E-state index in [0.29, 0.717) is 19.4 Å². The largest absolute Gasteiger partial charge is 0.454 e. The Hall–Kier alpha value is -1.50. The molecule has 0 aromatic heterocycles. The molecule has 3 aliphatic rings. The van der Waals surface area contributed by atoms with Crippen LogP contribution in [-0.4, -0.2) is 55.4 Å². The summed E-state index contributed by atoms with van der Waals surface area (Å²) in [6.07, 6.45) is 4.72. The molecule has 2 aromatic rings. The Morgan fingerprint density at radius 3 is 2.44 bits per heavy atom. The molecule has 0 radical (unpaired) electrons. The van der Waals surface area contributed by atoms with E-state index < -0.39 is 0 Å². The van der Waals surface area contributed by atoms with Gasteiger partial charge in [0.2, 0.25) is 6.79 Å². The minimum Gasteiger partial charge on any atom is -0.454 e. The number of piperazine rings is 1. The fourth-order valence-electron chi connectivity index (χ4n) is 5.53. The highest BCUT2D eigenvalue weighted by atomic mass is 35.5. The zero-order valence-electron chi connectivity index (χ0n) is 18.5. The molecule has 0 unspecified atom stereocenters. The van der Waals surface area contributed by atoms with Gasteiger partial charge in [-0.15, -0.1) is 12.4 Å². The predicted octanol–water partition coefficient (Wildman–Crippen LogP) is 4.45. The number of nitrogens with zero attached hydrogens (tertiary/aromatic N) is 2. The number of nitrogens with two attached hydrogens (primary N) is 1. The number of benzene rings is 2. The van der Waals surface area contributed by atoms with Gasteiger partial charge < -0.3 is 15.2 Å². The van der Waals surface area contributed by atoms with Crippen LogP contribution in [0.4, 0.5) is 0 Å². The Morgan fingerprint density at radius 2 is 1.72 bits per heavy atom. The first-order valence-electron chi connectivity index (χ1n) is 11.5. The summed E-state index contributed by atoms with van der Waals surface area (Å²) in [5.74, 6) is 1.73. The third kappa shape index (κ3) is 4.87. The first-order valence-corrected chi connectivity index (χ1v) is 11.8. The molecule has 2 heterocycles. The van der Waals surface area contributed by atoms with Crippen molar-refractivity contribution in [3.05, 3.63) is 58.6 Å². The molecule has 0 spiro atoms. The van der Waals surface area contributed by atoms with Gasteiger partial charge in [-0.2, -0.15) is 0 Å². The fourth-order valence-corrected chi connectivity index (χ4v) is 5.72. The third-order valence-electron chi connectivity index (χ3n) is 7.51. The molecular weight excluding hydrogens is 445 g/mol. The van der Waals surface area contributed by atoms with E-state index in [-0.39, 0.29) is 17.8 Å². The van der Waals surface area contributed by atoms with Crippen LogP contribution in [0.5, 0.6) is 11.5 Å². The molecular formula is C25H33Cl2N3O2. The van der Waals surface area contributed by atoms with Crippen molar-refractivity contribution in [3.8, 4) is 11.5 Å². The first kappa shape index (κ1) is 23.7. The Bertz CT molecular complexity index is 910. The molecule has 5 nitrogen and oxygen atoms in total. The Labute approximate surface area is 202 Å².